The minimum Gasteiger partial charge on any atom is -0.363 e. The van der Waals surface area contributed by atoms with E-state index in [2.05, 4.69) is 5.16 Å². The predicted molar refractivity (Wildman–Crippen MR) is 46.3 cm³/mol. The van der Waals surface area contributed by atoms with Crippen LogP contribution in [0.15, 0.2) is 4.52 Å². The molecule has 2 rings (SSSR count). The largest absolute Gasteiger partial charge is 0.363 e. The van der Waals surface area contributed by atoms with Crippen molar-refractivity contribution in [1.82, 2.24) is 5.16 Å². The van der Waals surface area contributed by atoms with E-state index in [4.69, 9.17) is 10.3 Å². The van der Waals surface area contributed by atoms with Crippen molar-refractivity contribution in [3.05, 3.63) is 17.0 Å². The SMILES string of the molecule is Cc1c(C2CCC2)noc1C(N)=O. The van der Waals surface area contributed by atoms with E-state index in [1.165, 1.54) is 6.42 Å². The molecule has 0 aromatic carbocycles. The summed E-state index contributed by atoms with van der Waals surface area (Å²) in [7, 11) is 0. The highest BCUT2D eigenvalue weighted by atomic mass is 16.5. The van der Waals surface area contributed by atoms with E-state index in [0.29, 0.717) is 5.92 Å². The minimum absolute atomic E-state index is 0.210. The third-order valence-corrected chi connectivity index (χ3v) is 2.68. The molecule has 0 unspecified atom stereocenters. The number of primary amides is 1. The average molecular weight is 180 g/mol. The lowest BCUT2D eigenvalue weighted by Gasteiger charge is -2.23. The molecule has 0 bridgehead atoms. The van der Waals surface area contributed by atoms with Crippen LogP contribution in [0, 0.1) is 6.92 Å². The Balaban J connectivity index is 2.32. The van der Waals surface area contributed by atoms with Crippen molar-refractivity contribution in [3.8, 4) is 0 Å². The first-order valence-electron chi connectivity index (χ1n) is 4.46. The molecule has 2 N–H and O–H groups in total. The van der Waals surface area contributed by atoms with Crippen LogP contribution in [0.2, 0.25) is 0 Å². The number of nitrogens with two attached hydrogens (primary N) is 1. The fraction of sp³-hybridized carbons (Fsp3) is 0.556. The van der Waals surface area contributed by atoms with Gasteiger partial charge in [0.25, 0.3) is 5.91 Å². The Kier molecular flexibility index (Phi) is 1.83. The minimum atomic E-state index is -0.532. The Morgan fingerprint density at radius 2 is 2.31 bits per heavy atom. The number of hydrogen-bond donors (Lipinski definition) is 1. The summed E-state index contributed by atoms with van der Waals surface area (Å²) in [5, 5.41) is 3.88. The maximum absolute atomic E-state index is 10.9. The molecule has 4 heteroatoms. The molecule has 0 saturated heterocycles. The van der Waals surface area contributed by atoms with Crippen molar-refractivity contribution >= 4 is 5.91 Å². The van der Waals surface area contributed by atoms with Gasteiger partial charge in [0.2, 0.25) is 5.76 Å². The molecule has 70 valence electrons. The van der Waals surface area contributed by atoms with Crippen LogP contribution in [-0.4, -0.2) is 11.1 Å². The zero-order valence-corrected chi connectivity index (χ0v) is 7.54. The standard InChI is InChI=1S/C9H12N2O2/c1-5-7(6-3-2-4-6)11-13-8(5)9(10)12/h6H,2-4H2,1H3,(H2,10,12). The lowest BCUT2D eigenvalue weighted by Crippen LogP contribution is -2.13. The third-order valence-electron chi connectivity index (χ3n) is 2.68. The highest BCUT2D eigenvalue weighted by Crippen LogP contribution is 2.37. The van der Waals surface area contributed by atoms with Gasteiger partial charge in [-0.25, -0.2) is 0 Å². The number of hydrogen-bond acceptors (Lipinski definition) is 3. The molecule has 1 aromatic rings. The summed E-state index contributed by atoms with van der Waals surface area (Å²) in [6.07, 6.45) is 3.53. The van der Waals surface area contributed by atoms with Crippen LogP contribution in [0.1, 0.15) is 47.0 Å². The van der Waals surface area contributed by atoms with Gasteiger partial charge in [0, 0.05) is 11.5 Å². The smallest absolute Gasteiger partial charge is 0.287 e. The second-order valence-electron chi connectivity index (χ2n) is 3.51. The van der Waals surface area contributed by atoms with E-state index in [-0.39, 0.29) is 5.76 Å². The summed E-state index contributed by atoms with van der Waals surface area (Å²) in [5.74, 6) is 0.161. The van der Waals surface area contributed by atoms with Crippen molar-refractivity contribution in [2.75, 3.05) is 0 Å². The van der Waals surface area contributed by atoms with Crippen molar-refractivity contribution in [2.45, 2.75) is 32.1 Å². The maximum Gasteiger partial charge on any atom is 0.287 e. The van der Waals surface area contributed by atoms with Crippen LogP contribution in [-0.2, 0) is 0 Å². The predicted octanol–water partition coefficient (Wildman–Crippen LogP) is 1.35. The Morgan fingerprint density at radius 1 is 1.62 bits per heavy atom. The zero-order valence-electron chi connectivity index (χ0n) is 7.54. The molecule has 1 aliphatic rings. The van der Waals surface area contributed by atoms with Gasteiger partial charge in [-0.05, 0) is 19.8 Å². The fourth-order valence-corrected chi connectivity index (χ4v) is 1.64. The molecule has 0 aliphatic heterocycles. The molecular formula is C9H12N2O2. The van der Waals surface area contributed by atoms with Crippen LogP contribution < -0.4 is 5.73 Å². The second-order valence-corrected chi connectivity index (χ2v) is 3.51. The fourth-order valence-electron chi connectivity index (χ4n) is 1.64. The van der Waals surface area contributed by atoms with Crippen molar-refractivity contribution < 1.29 is 9.32 Å². The molecule has 1 heterocycles. The number of nitrogens with zero attached hydrogens (tertiary/aromatic N) is 1. The van der Waals surface area contributed by atoms with Gasteiger partial charge in [-0.15, -0.1) is 0 Å². The summed E-state index contributed by atoms with van der Waals surface area (Å²) < 4.78 is 4.89. The lowest BCUT2D eigenvalue weighted by atomic mass is 9.81. The molecular weight excluding hydrogens is 168 g/mol. The first-order chi connectivity index (χ1) is 6.20. The molecule has 1 amide bonds. The van der Waals surface area contributed by atoms with E-state index >= 15 is 0 Å². The molecule has 1 aliphatic carbocycles. The maximum atomic E-state index is 10.9. The van der Waals surface area contributed by atoms with Crippen LogP contribution in [0.25, 0.3) is 0 Å². The van der Waals surface area contributed by atoms with Crippen molar-refractivity contribution in [3.63, 3.8) is 0 Å². The lowest BCUT2D eigenvalue weighted by molar-refractivity contribution is 0.0964. The molecule has 1 fully saturated rings. The van der Waals surface area contributed by atoms with Gasteiger partial charge in [-0.3, -0.25) is 4.79 Å². The highest BCUT2D eigenvalue weighted by molar-refractivity contribution is 5.91. The van der Waals surface area contributed by atoms with Crippen LogP contribution in [0.5, 0.6) is 0 Å². The molecule has 0 atom stereocenters. The summed E-state index contributed by atoms with van der Waals surface area (Å²) >= 11 is 0. The number of carbonyl (C=O) groups excluding carboxylic acids is 1. The summed E-state index contributed by atoms with van der Waals surface area (Å²) in [4.78, 5) is 10.9. The molecule has 4 nitrogen and oxygen atoms in total. The van der Waals surface area contributed by atoms with Gasteiger partial charge in [0.05, 0.1) is 5.69 Å². The highest BCUT2D eigenvalue weighted by Gasteiger charge is 2.27. The number of rotatable bonds is 2. The Labute approximate surface area is 76.1 Å². The van der Waals surface area contributed by atoms with E-state index < -0.39 is 5.91 Å². The van der Waals surface area contributed by atoms with E-state index in [9.17, 15) is 4.79 Å². The number of carbonyl (C=O) groups is 1. The van der Waals surface area contributed by atoms with Crippen LogP contribution in [0.4, 0.5) is 0 Å². The molecule has 0 spiro atoms. The van der Waals surface area contributed by atoms with Crippen LogP contribution >= 0.6 is 0 Å². The van der Waals surface area contributed by atoms with Gasteiger partial charge in [0.15, 0.2) is 0 Å². The second kappa shape index (κ2) is 2.87. The summed E-state index contributed by atoms with van der Waals surface area (Å²) in [6, 6.07) is 0. The molecule has 0 radical (unpaired) electrons. The van der Waals surface area contributed by atoms with Gasteiger partial charge < -0.3 is 10.3 Å². The van der Waals surface area contributed by atoms with Gasteiger partial charge >= 0.3 is 0 Å². The monoisotopic (exact) mass is 180 g/mol. The molecule has 13 heavy (non-hydrogen) atoms. The number of amides is 1. The van der Waals surface area contributed by atoms with Crippen molar-refractivity contribution in [2.24, 2.45) is 5.73 Å². The summed E-state index contributed by atoms with van der Waals surface area (Å²) in [5.41, 5.74) is 6.85. The first-order valence-corrected chi connectivity index (χ1v) is 4.46. The molecule has 1 aromatic heterocycles. The number of aromatic nitrogens is 1. The Hall–Kier alpha value is -1.32. The average Bonchev–Trinajstić information content (AvgIpc) is 2.29. The zero-order chi connectivity index (χ0) is 9.42. The molecule has 1 saturated carbocycles. The third kappa shape index (κ3) is 1.22. The summed E-state index contributed by atoms with van der Waals surface area (Å²) in [6.45, 7) is 1.84. The van der Waals surface area contributed by atoms with Gasteiger partial charge in [0.1, 0.15) is 0 Å². The first kappa shape index (κ1) is 8.29. The van der Waals surface area contributed by atoms with E-state index in [0.717, 1.165) is 24.1 Å². The normalized spacial score (nSPS) is 17.0. The van der Waals surface area contributed by atoms with Crippen LogP contribution in [0.3, 0.4) is 0 Å². The Bertz CT molecular complexity index is 339. The van der Waals surface area contributed by atoms with Crippen molar-refractivity contribution in [1.29, 1.82) is 0 Å². The Morgan fingerprint density at radius 3 is 2.69 bits per heavy atom. The quantitative estimate of drug-likeness (QED) is 0.746. The van der Waals surface area contributed by atoms with Gasteiger partial charge in [-0.2, -0.15) is 0 Å². The van der Waals surface area contributed by atoms with E-state index in [1.807, 2.05) is 6.92 Å². The van der Waals surface area contributed by atoms with Gasteiger partial charge in [-0.1, -0.05) is 11.6 Å². The van der Waals surface area contributed by atoms with E-state index in [1.54, 1.807) is 0 Å². The topological polar surface area (TPSA) is 69.1 Å².